The molecule has 0 atom stereocenters. The molecule has 0 saturated heterocycles. The molecular weight excluding hydrogens is 414 g/mol. The minimum absolute atomic E-state index is 0.337. The molecule has 31 heavy (non-hydrogen) atoms. The molecule has 1 amide bonds. The summed E-state index contributed by atoms with van der Waals surface area (Å²) >= 11 is 1.28. The van der Waals surface area contributed by atoms with Crippen LogP contribution in [0.3, 0.4) is 0 Å². The van der Waals surface area contributed by atoms with Crippen LogP contribution in [0.1, 0.15) is 21.5 Å². The molecule has 0 aliphatic rings. The zero-order valence-electron chi connectivity index (χ0n) is 17.7. The van der Waals surface area contributed by atoms with E-state index in [4.69, 9.17) is 14.2 Å². The summed E-state index contributed by atoms with van der Waals surface area (Å²) in [7, 11) is 4.43. The van der Waals surface area contributed by atoms with Crippen LogP contribution in [0.25, 0.3) is 17.2 Å². The second-order valence-electron chi connectivity index (χ2n) is 6.65. The van der Waals surface area contributed by atoms with Crippen molar-refractivity contribution < 1.29 is 23.8 Å². The molecule has 1 heterocycles. The number of hydrogen-bond acceptors (Lipinski definition) is 6. The molecule has 3 aromatic rings. The summed E-state index contributed by atoms with van der Waals surface area (Å²) in [6.07, 6.45) is 3.05. The van der Waals surface area contributed by atoms with Crippen LogP contribution in [-0.4, -0.2) is 33.2 Å². The molecule has 0 aliphatic carbocycles. The molecule has 1 aromatic heterocycles. The van der Waals surface area contributed by atoms with Crippen LogP contribution in [-0.2, 0) is 9.53 Å². The van der Waals surface area contributed by atoms with E-state index in [-0.39, 0.29) is 5.91 Å². The Morgan fingerprint density at radius 2 is 1.68 bits per heavy atom. The SMILES string of the molecule is COC(=O)c1c(-c2ccc(C)cc2)csc1NC(=O)C=Cc1ccc(OC)c(OC)c1. The Morgan fingerprint density at radius 1 is 0.968 bits per heavy atom. The van der Waals surface area contributed by atoms with E-state index in [0.717, 1.165) is 22.3 Å². The highest BCUT2D eigenvalue weighted by molar-refractivity contribution is 7.15. The maximum Gasteiger partial charge on any atom is 0.341 e. The second-order valence-corrected chi connectivity index (χ2v) is 7.53. The maximum absolute atomic E-state index is 12.5. The van der Waals surface area contributed by atoms with Crippen molar-refractivity contribution in [1.82, 2.24) is 0 Å². The van der Waals surface area contributed by atoms with Gasteiger partial charge in [0, 0.05) is 17.0 Å². The van der Waals surface area contributed by atoms with Crippen LogP contribution >= 0.6 is 11.3 Å². The lowest BCUT2D eigenvalue weighted by molar-refractivity contribution is -0.111. The van der Waals surface area contributed by atoms with Crippen LogP contribution in [0.2, 0.25) is 0 Å². The van der Waals surface area contributed by atoms with Crippen LogP contribution in [0.4, 0.5) is 5.00 Å². The fraction of sp³-hybridized carbons (Fsp3) is 0.167. The molecule has 1 N–H and O–H groups in total. The number of methoxy groups -OCH3 is 3. The van der Waals surface area contributed by atoms with Gasteiger partial charge >= 0.3 is 5.97 Å². The molecule has 0 bridgehead atoms. The number of hydrogen-bond donors (Lipinski definition) is 1. The number of amides is 1. The number of esters is 1. The van der Waals surface area contributed by atoms with Crippen molar-refractivity contribution in [3.05, 3.63) is 70.6 Å². The number of carbonyl (C=O) groups is 2. The highest BCUT2D eigenvalue weighted by Crippen LogP contribution is 2.36. The van der Waals surface area contributed by atoms with Gasteiger partial charge in [-0.1, -0.05) is 35.9 Å². The van der Waals surface area contributed by atoms with Gasteiger partial charge in [-0.05, 0) is 36.3 Å². The topological polar surface area (TPSA) is 73.9 Å². The Hall–Kier alpha value is -3.58. The largest absolute Gasteiger partial charge is 0.493 e. The van der Waals surface area contributed by atoms with Crippen molar-refractivity contribution in [3.8, 4) is 22.6 Å². The quantitative estimate of drug-likeness (QED) is 0.407. The van der Waals surface area contributed by atoms with E-state index in [0.29, 0.717) is 22.1 Å². The molecule has 0 fully saturated rings. The lowest BCUT2D eigenvalue weighted by Crippen LogP contribution is -2.11. The average Bonchev–Trinajstić information content (AvgIpc) is 3.20. The smallest absolute Gasteiger partial charge is 0.341 e. The first-order chi connectivity index (χ1) is 15.0. The average molecular weight is 438 g/mol. The zero-order chi connectivity index (χ0) is 22.4. The van der Waals surface area contributed by atoms with Gasteiger partial charge in [0.15, 0.2) is 11.5 Å². The Kier molecular flexibility index (Phi) is 7.10. The number of rotatable bonds is 7. The molecule has 7 heteroatoms. The molecular formula is C24H23NO5S. The monoisotopic (exact) mass is 437 g/mol. The summed E-state index contributed by atoms with van der Waals surface area (Å²) in [4.78, 5) is 25.0. The van der Waals surface area contributed by atoms with E-state index >= 15 is 0 Å². The van der Waals surface area contributed by atoms with Crippen LogP contribution < -0.4 is 14.8 Å². The Morgan fingerprint density at radius 3 is 2.32 bits per heavy atom. The van der Waals surface area contributed by atoms with Gasteiger partial charge in [-0.3, -0.25) is 4.79 Å². The predicted molar refractivity (Wildman–Crippen MR) is 123 cm³/mol. The maximum atomic E-state index is 12.5. The second kappa shape index (κ2) is 9.95. The number of benzene rings is 2. The third-order valence-electron chi connectivity index (χ3n) is 4.61. The summed E-state index contributed by atoms with van der Waals surface area (Å²) in [5.74, 6) is 0.307. The van der Waals surface area contributed by atoms with Crippen molar-refractivity contribution in [2.45, 2.75) is 6.92 Å². The number of anilines is 1. The van der Waals surface area contributed by atoms with Crippen LogP contribution in [0.15, 0.2) is 53.9 Å². The van der Waals surface area contributed by atoms with Crippen molar-refractivity contribution in [3.63, 3.8) is 0 Å². The number of carbonyl (C=O) groups excluding carboxylic acids is 2. The molecule has 2 aromatic carbocycles. The third-order valence-corrected chi connectivity index (χ3v) is 5.51. The minimum atomic E-state index is -0.504. The highest BCUT2D eigenvalue weighted by atomic mass is 32.1. The summed E-state index contributed by atoms with van der Waals surface area (Å²) in [6, 6.07) is 13.2. The summed E-state index contributed by atoms with van der Waals surface area (Å²) in [5.41, 5.74) is 3.82. The Labute approximate surface area is 185 Å². The van der Waals surface area contributed by atoms with Crippen molar-refractivity contribution >= 4 is 34.3 Å². The van der Waals surface area contributed by atoms with E-state index in [1.165, 1.54) is 24.5 Å². The van der Waals surface area contributed by atoms with Gasteiger partial charge in [0.25, 0.3) is 0 Å². The van der Waals surface area contributed by atoms with Crippen LogP contribution in [0.5, 0.6) is 11.5 Å². The van der Waals surface area contributed by atoms with Gasteiger partial charge in [0.2, 0.25) is 5.91 Å². The van der Waals surface area contributed by atoms with E-state index in [1.54, 1.807) is 32.4 Å². The minimum Gasteiger partial charge on any atom is -0.493 e. The van der Waals surface area contributed by atoms with Crippen molar-refractivity contribution in [2.75, 3.05) is 26.6 Å². The first-order valence-corrected chi connectivity index (χ1v) is 10.3. The normalized spacial score (nSPS) is 10.7. The van der Waals surface area contributed by atoms with Crippen molar-refractivity contribution in [1.29, 1.82) is 0 Å². The van der Waals surface area contributed by atoms with Gasteiger partial charge in [-0.2, -0.15) is 0 Å². The fourth-order valence-electron chi connectivity index (χ4n) is 2.98. The van der Waals surface area contributed by atoms with Gasteiger partial charge in [0.1, 0.15) is 10.6 Å². The van der Waals surface area contributed by atoms with E-state index < -0.39 is 5.97 Å². The summed E-state index contributed by atoms with van der Waals surface area (Å²) in [6.45, 7) is 2.00. The third kappa shape index (κ3) is 5.13. The Bertz CT molecular complexity index is 1120. The van der Waals surface area contributed by atoms with Gasteiger partial charge in [-0.25, -0.2) is 4.79 Å². The number of ether oxygens (including phenoxy) is 3. The first kappa shape index (κ1) is 22.1. The highest BCUT2D eigenvalue weighted by Gasteiger charge is 2.21. The standard InChI is InChI=1S/C24H23NO5S/c1-15-5-9-17(10-6-15)18-14-31-23(22(18)24(27)30-4)25-21(26)12-8-16-7-11-19(28-2)20(13-16)29-3/h5-14H,1-4H3,(H,25,26). The van der Waals surface area contributed by atoms with E-state index in [1.807, 2.05) is 42.6 Å². The lowest BCUT2D eigenvalue weighted by atomic mass is 10.0. The molecule has 3 rings (SSSR count). The zero-order valence-corrected chi connectivity index (χ0v) is 18.5. The molecule has 0 radical (unpaired) electrons. The number of nitrogens with one attached hydrogen (secondary N) is 1. The molecule has 0 saturated carbocycles. The lowest BCUT2D eigenvalue weighted by Gasteiger charge is -2.08. The fourth-order valence-corrected chi connectivity index (χ4v) is 3.94. The van der Waals surface area contributed by atoms with Crippen molar-refractivity contribution in [2.24, 2.45) is 0 Å². The molecule has 0 aliphatic heterocycles. The van der Waals surface area contributed by atoms with Crippen LogP contribution in [0, 0.1) is 6.92 Å². The number of aryl methyl sites for hydroxylation is 1. The van der Waals surface area contributed by atoms with Gasteiger partial charge < -0.3 is 19.5 Å². The molecule has 0 spiro atoms. The van der Waals surface area contributed by atoms with E-state index in [2.05, 4.69) is 5.32 Å². The summed E-state index contributed by atoms with van der Waals surface area (Å²) in [5, 5.41) is 5.06. The van der Waals surface area contributed by atoms with E-state index in [9.17, 15) is 9.59 Å². The Balaban J connectivity index is 1.83. The predicted octanol–water partition coefficient (Wildman–Crippen LogP) is 5.18. The number of thiophene rings is 1. The first-order valence-electron chi connectivity index (χ1n) is 9.44. The molecule has 0 unspecified atom stereocenters. The molecule has 6 nitrogen and oxygen atoms in total. The molecule has 160 valence electrons. The van der Waals surface area contributed by atoms with Gasteiger partial charge in [0.05, 0.1) is 21.3 Å². The van der Waals surface area contributed by atoms with Gasteiger partial charge in [-0.15, -0.1) is 11.3 Å². The summed E-state index contributed by atoms with van der Waals surface area (Å²) < 4.78 is 15.4.